The van der Waals surface area contributed by atoms with Gasteiger partial charge in [0.15, 0.2) is 0 Å². The Morgan fingerprint density at radius 2 is 1.85 bits per heavy atom. The highest BCUT2D eigenvalue weighted by Crippen LogP contribution is 2.34. The predicted molar refractivity (Wildman–Crippen MR) is 81.6 cm³/mol. The van der Waals surface area contributed by atoms with Crippen molar-refractivity contribution in [3.05, 3.63) is 30.3 Å². The van der Waals surface area contributed by atoms with E-state index in [-0.39, 0.29) is 5.91 Å². The summed E-state index contributed by atoms with van der Waals surface area (Å²) in [4.78, 5) is 14.6. The monoisotopic (exact) mass is 272 g/mol. The van der Waals surface area contributed by atoms with E-state index in [1.165, 1.54) is 38.5 Å². The Labute approximate surface area is 121 Å². The highest BCUT2D eigenvalue weighted by atomic mass is 16.2. The van der Waals surface area contributed by atoms with Gasteiger partial charge in [0.25, 0.3) is 0 Å². The first-order valence-corrected chi connectivity index (χ1v) is 7.92. The standard InChI is InChI=1S/C17H24N2O/c20-17(18-15-9-2-1-3-10-15)13-19-12-6-8-14-7-4-5-11-16(14)19/h1-3,9-10,14,16H,4-8,11-13H2,(H,18,20). The fourth-order valence-electron chi connectivity index (χ4n) is 3.83. The number of hydrogen-bond donors (Lipinski definition) is 1. The summed E-state index contributed by atoms with van der Waals surface area (Å²) in [5, 5.41) is 3.00. The van der Waals surface area contributed by atoms with E-state index in [4.69, 9.17) is 0 Å². The van der Waals surface area contributed by atoms with Crippen molar-refractivity contribution in [3.8, 4) is 0 Å². The third-order valence-electron chi connectivity index (χ3n) is 4.76. The van der Waals surface area contributed by atoms with E-state index in [0.717, 1.165) is 18.2 Å². The fourth-order valence-corrected chi connectivity index (χ4v) is 3.83. The molecule has 0 aromatic heterocycles. The second-order valence-corrected chi connectivity index (χ2v) is 6.14. The summed E-state index contributed by atoms with van der Waals surface area (Å²) in [5.41, 5.74) is 0.898. The Bertz CT molecular complexity index is 444. The quantitative estimate of drug-likeness (QED) is 0.916. The van der Waals surface area contributed by atoms with Crippen molar-refractivity contribution in [2.75, 3.05) is 18.4 Å². The smallest absolute Gasteiger partial charge is 0.238 e. The molecule has 1 aromatic rings. The van der Waals surface area contributed by atoms with Crippen molar-refractivity contribution in [2.45, 2.75) is 44.6 Å². The Hall–Kier alpha value is -1.35. The molecule has 1 aromatic carbocycles. The van der Waals surface area contributed by atoms with Gasteiger partial charge in [-0.05, 0) is 50.3 Å². The molecule has 0 radical (unpaired) electrons. The maximum atomic E-state index is 12.2. The first-order valence-electron chi connectivity index (χ1n) is 7.92. The van der Waals surface area contributed by atoms with Gasteiger partial charge in [0.1, 0.15) is 0 Å². The molecule has 0 bridgehead atoms. The van der Waals surface area contributed by atoms with E-state index < -0.39 is 0 Å². The number of fused-ring (bicyclic) bond motifs is 1. The molecule has 3 rings (SSSR count). The van der Waals surface area contributed by atoms with Crippen molar-refractivity contribution in [3.63, 3.8) is 0 Å². The molecule has 0 spiro atoms. The van der Waals surface area contributed by atoms with Crippen LogP contribution in [0.15, 0.2) is 30.3 Å². The summed E-state index contributed by atoms with van der Waals surface area (Å²) in [6.45, 7) is 1.64. The van der Waals surface area contributed by atoms with Crippen LogP contribution in [0.25, 0.3) is 0 Å². The largest absolute Gasteiger partial charge is 0.325 e. The van der Waals surface area contributed by atoms with Gasteiger partial charge in [-0.3, -0.25) is 9.69 Å². The zero-order chi connectivity index (χ0) is 13.8. The Balaban J connectivity index is 1.57. The summed E-state index contributed by atoms with van der Waals surface area (Å²) in [5.74, 6) is 0.962. The van der Waals surface area contributed by atoms with Crippen LogP contribution in [0.3, 0.4) is 0 Å². The molecule has 2 atom stereocenters. The fraction of sp³-hybridized carbons (Fsp3) is 0.588. The maximum Gasteiger partial charge on any atom is 0.238 e. The van der Waals surface area contributed by atoms with E-state index in [1.54, 1.807) is 0 Å². The molecule has 1 aliphatic carbocycles. The van der Waals surface area contributed by atoms with Crippen LogP contribution in [0.5, 0.6) is 0 Å². The number of rotatable bonds is 3. The van der Waals surface area contributed by atoms with Gasteiger partial charge in [0.05, 0.1) is 6.54 Å². The highest BCUT2D eigenvalue weighted by molar-refractivity contribution is 5.92. The van der Waals surface area contributed by atoms with Crippen LogP contribution in [0.4, 0.5) is 5.69 Å². The second-order valence-electron chi connectivity index (χ2n) is 6.14. The van der Waals surface area contributed by atoms with Crippen molar-refractivity contribution >= 4 is 11.6 Å². The summed E-state index contributed by atoms with van der Waals surface area (Å²) in [6.07, 6.45) is 7.97. The zero-order valence-electron chi connectivity index (χ0n) is 12.1. The molecular formula is C17H24N2O. The van der Waals surface area contributed by atoms with Crippen LogP contribution in [-0.4, -0.2) is 29.9 Å². The Kier molecular flexibility index (Phi) is 4.36. The van der Waals surface area contributed by atoms with Crippen molar-refractivity contribution in [2.24, 2.45) is 5.92 Å². The topological polar surface area (TPSA) is 32.3 Å². The number of amides is 1. The second kappa shape index (κ2) is 6.40. The van der Waals surface area contributed by atoms with Crippen LogP contribution in [-0.2, 0) is 4.79 Å². The van der Waals surface area contributed by atoms with Crippen molar-refractivity contribution in [1.29, 1.82) is 0 Å². The number of nitrogens with zero attached hydrogens (tertiary/aromatic N) is 1. The highest BCUT2D eigenvalue weighted by Gasteiger charge is 2.33. The van der Waals surface area contributed by atoms with Crippen molar-refractivity contribution in [1.82, 2.24) is 4.90 Å². The van der Waals surface area contributed by atoms with E-state index >= 15 is 0 Å². The normalized spacial score (nSPS) is 26.8. The Morgan fingerprint density at radius 1 is 1.10 bits per heavy atom. The molecule has 2 fully saturated rings. The maximum absolute atomic E-state index is 12.2. The van der Waals surface area contributed by atoms with Crippen LogP contribution in [0.1, 0.15) is 38.5 Å². The SMILES string of the molecule is O=C(CN1CCCC2CCCCC21)Nc1ccccc1. The molecule has 20 heavy (non-hydrogen) atoms. The molecule has 1 saturated carbocycles. The van der Waals surface area contributed by atoms with Crippen molar-refractivity contribution < 1.29 is 4.79 Å². The number of piperidine rings is 1. The first kappa shape index (κ1) is 13.6. The van der Waals surface area contributed by atoms with Gasteiger partial charge >= 0.3 is 0 Å². The molecule has 3 heteroatoms. The molecular weight excluding hydrogens is 248 g/mol. The lowest BCUT2D eigenvalue weighted by molar-refractivity contribution is -0.118. The first-order chi connectivity index (χ1) is 9.83. The van der Waals surface area contributed by atoms with Crippen LogP contribution in [0.2, 0.25) is 0 Å². The summed E-state index contributed by atoms with van der Waals surface area (Å²) >= 11 is 0. The molecule has 2 unspecified atom stereocenters. The van der Waals surface area contributed by atoms with E-state index in [9.17, 15) is 4.79 Å². The number of carbonyl (C=O) groups excluding carboxylic acids is 1. The molecule has 3 nitrogen and oxygen atoms in total. The van der Waals surface area contributed by atoms with Gasteiger partial charge in [-0.15, -0.1) is 0 Å². The number of anilines is 1. The average Bonchev–Trinajstić information content (AvgIpc) is 2.48. The van der Waals surface area contributed by atoms with Gasteiger partial charge in [-0.25, -0.2) is 0 Å². The number of likely N-dealkylation sites (tertiary alicyclic amines) is 1. The lowest BCUT2D eigenvalue weighted by Gasteiger charge is -2.43. The zero-order valence-corrected chi connectivity index (χ0v) is 12.1. The number of hydrogen-bond acceptors (Lipinski definition) is 2. The lowest BCUT2D eigenvalue weighted by Crippen LogP contribution is -2.49. The minimum atomic E-state index is 0.127. The summed E-state index contributed by atoms with van der Waals surface area (Å²) in [7, 11) is 0. The predicted octanol–water partition coefficient (Wildman–Crippen LogP) is 3.28. The third kappa shape index (κ3) is 3.21. The number of carbonyl (C=O) groups is 1. The molecule has 1 amide bonds. The average molecular weight is 272 g/mol. The number of nitrogens with one attached hydrogen (secondary N) is 1. The summed E-state index contributed by atoms with van der Waals surface area (Å²) < 4.78 is 0. The summed E-state index contributed by atoms with van der Waals surface area (Å²) in [6, 6.07) is 10.4. The minimum absolute atomic E-state index is 0.127. The van der Waals surface area contributed by atoms with Crippen LogP contribution < -0.4 is 5.32 Å². The molecule has 2 aliphatic rings. The minimum Gasteiger partial charge on any atom is -0.325 e. The molecule has 1 N–H and O–H groups in total. The van der Waals surface area contributed by atoms with Gasteiger partial charge < -0.3 is 5.32 Å². The number of benzene rings is 1. The third-order valence-corrected chi connectivity index (χ3v) is 4.76. The van der Waals surface area contributed by atoms with Gasteiger partial charge in [0.2, 0.25) is 5.91 Å². The molecule has 1 heterocycles. The van der Waals surface area contributed by atoms with E-state index in [1.807, 2.05) is 30.3 Å². The van der Waals surface area contributed by atoms with E-state index in [2.05, 4.69) is 10.2 Å². The van der Waals surface area contributed by atoms with Gasteiger partial charge in [-0.2, -0.15) is 0 Å². The van der Waals surface area contributed by atoms with Gasteiger partial charge in [-0.1, -0.05) is 31.0 Å². The lowest BCUT2D eigenvalue weighted by atomic mass is 9.78. The number of para-hydroxylation sites is 1. The van der Waals surface area contributed by atoms with Crippen LogP contribution >= 0.6 is 0 Å². The molecule has 108 valence electrons. The van der Waals surface area contributed by atoms with Gasteiger partial charge in [0, 0.05) is 11.7 Å². The van der Waals surface area contributed by atoms with Crippen LogP contribution in [0, 0.1) is 5.92 Å². The molecule has 1 aliphatic heterocycles. The Morgan fingerprint density at radius 3 is 2.70 bits per heavy atom. The van der Waals surface area contributed by atoms with E-state index in [0.29, 0.717) is 12.6 Å². The molecule has 1 saturated heterocycles.